The molecule has 0 aliphatic carbocycles. The molecular formula is C19H23ClN2O3. The maximum absolute atomic E-state index is 12.8. The average molecular weight is 363 g/mol. The number of nitrogens with zero attached hydrogens (tertiary/aromatic N) is 1. The normalized spacial score (nSPS) is 12.8. The molecule has 5 nitrogen and oxygen atoms in total. The monoisotopic (exact) mass is 362 g/mol. The number of nitrogens with two attached hydrogens (primary N) is 1. The van der Waals surface area contributed by atoms with Crippen LogP contribution in [0.1, 0.15) is 17.5 Å². The first-order valence-corrected chi connectivity index (χ1v) is 8.02. The average Bonchev–Trinajstić information content (AvgIpc) is 2.61. The van der Waals surface area contributed by atoms with E-state index in [2.05, 4.69) is 0 Å². The molecule has 134 valence electrons. The van der Waals surface area contributed by atoms with Crippen LogP contribution < -0.4 is 20.1 Å². The number of fused-ring (bicyclic) bond motifs is 1. The Balaban J connectivity index is 0.00000225. The van der Waals surface area contributed by atoms with Gasteiger partial charge in [0.1, 0.15) is 0 Å². The zero-order valence-electron chi connectivity index (χ0n) is 14.5. The quantitative estimate of drug-likeness (QED) is 0.848. The van der Waals surface area contributed by atoms with Gasteiger partial charge in [-0.3, -0.25) is 4.79 Å². The molecule has 0 bridgehead atoms. The summed E-state index contributed by atoms with van der Waals surface area (Å²) in [5.74, 6) is 1.35. The van der Waals surface area contributed by atoms with E-state index < -0.39 is 0 Å². The molecule has 1 aliphatic heterocycles. The lowest BCUT2D eigenvalue weighted by atomic mass is 9.99. The van der Waals surface area contributed by atoms with Gasteiger partial charge in [0.2, 0.25) is 5.91 Å². The summed E-state index contributed by atoms with van der Waals surface area (Å²) in [6.45, 7) is 0.725. The minimum absolute atomic E-state index is 0. The highest BCUT2D eigenvalue weighted by Crippen LogP contribution is 2.32. The van der Waals surface area contributed by atoms with Crippen LogP contribution in [0.5, 0.6) is 11.5 Å². The van der Waals surface area contributed by atoms with Crippen LogP contribution in [0.3, 0.4) is 0 Å². The van der Waals surface area contributed by atoms with E-state index in [1.54, 1.807) is 14.2 Å². The summed E-state index contributed by atoms with van der Waals surface area (Å²) in [5, 5.41) is 0. The molecule has 1 heterocycles. The van der Waals surface area contributed by atoms with Crippen LogP contribution >= 0.6 is 12.4 Å². The predicted octanol–water partition coefficient (Wildman–Crippen LogP) is 3.23. The van der Waals surface area contributed by atoms with Crippen molar-refractivity contribution in [1.29, 1.82) is 0 Å². The maximum atomic E-state index is 12.8. The standard InChI is InChI=1S/C19H22N2O3.ClH/c1-23-17-9-8-13(11-18(17)24-2)12-19(22)21-10-4-5-14-15(20)6-3-7-16(14)21;/h3,6-9,11H,4-5,10,12,20H2,1-2H3;1H. The number of nitrogen functional groups attached to an aromatic ring is 1. The molecule has 1 amide bonds. The molecule has 3 rings (SSSR count). The summed E-state index contributed by atoms with van der Waals surface area (Å²) in [6, 6.07) is 11.3. The number of halogens is 1. The first-order valence-electron chi connectivity index (χ1n) is 8.02. The van der Waals surface area contributed by atoms with E-state index >= 15 is 0 Å². The highest BCUT2D eigenvalue weighted by Gasteiger charge is 2.24. The Hall–Kier alpha value is -2.40. The Morgan fingerprint density at radius 1 is 1.16 bits per heavy atom. The number of ether oxygens (including phenoxy) is 2. The van der Waals surface area contributed by atoms with Crippen LogP contribution in [0.25, 0.3) is 0 Å². The summed E-state index contributed by atoms with van der Waals surface area (Å²) < 4.78 is 10.5. The van der Waals surface area contributed by atoms with Gasteiger partial charge in [0, 0.05) is 17.9 Å². The molecule has 0 radical (unpaired) electrons. The zero-order valence-corrected chi connectivity index (χ0v) is 15.3. The summed E-state index contributed by atoms with van der Waals surface area (Å²) in [4.78, 5) is 14.6. The van der Waals surface area contributed by atoms with Crippen LogP contribution in [0.2, 0.25) is 0 Å². The fraction of sp³-hybridized carbons (Fsp3) is 0.316. The molecule has 0 unspecified atom stereocenters. The van der Waals surface area contributed by atoms with Crippen LogP contribution in [-0.2, 0) is 17.6 Å². The zero-order chi connectivity index (χ0) is 17.1. The number of hydrogen-bond acceptors (Lipinski definition) is 4. The van der Waals surface area contributed by atoms with E-state index in [0.29, 0.717) is 17.9 Å². The Bertz CT molecular complexity index is 764. The van der Waals surface area contributed by atoms with E-state index in [4.69, 9.17) is 15.2 Å². The number of methoxy groups -OCH3 is 2. The van der Waals surface area contributed by atoms with Gasteiger partial charge < -0.3 is 20.1 Å². The first kappa shape index (κ1) is 18.9. The van der Waals surface area contributed by atoms with Gasteiger partial charge in [0.25, 0.3) is 0 Å². The molecule has 0 atom stereocenters. The van der Waals surface area contributed by atoms with Crippen molar-refractivity contribution in [3.63, 3.8) is 0 Å². The van der Waals surface area contributed by atoms with Crippen molar-refractivity contribution in [3.05, 3.63) is 47.5 Å². The van der Waals surface area contributed by atoms with Crippen molar-refractivity contribution in [2.75, 3.05) is 31.4 Å². The topological polar surface area (TPSA) is 64.8 Å². The molecule has 6 heteroatoms. The molecule has 0 fully saturated rings. The SMILES string of the molecule is COc1ccc(CC(=O)N2CCCc3c(N)cccc32)cc1OC.Cl. The second-order valence-electron chi connectivity index (χ2n) is 5.86. The Morgan fingerprint density at radius 2 is 1.92 bits per heavy atom. The van der Waals surface area contributed by atoms with Crippen molar-refractivity contribution >= 4 is 29.7 Å². The highest BCUT2D eigenvalue weighted by molar-refractivity contribution is 5.96. The molecule has 0 spiro atoms. The van der Waals surface area contributed by atoms with Gasteiger partial charge >= 0.3 is 0 Å². The number of rotatable bonds is 4. The Kier molecular flexibility index (Phi) is 6.15. The van der Waals surface area contributed by atoms with E-state index in [9.17, 15) is 4.79 Å². The van der Waals surface area contributed by atoms with Gasteiger partial charge in [-0.05, 0) is 48.2 Å². The number of anilines is 2. The van der Waals surface area contributed by atoms with Gasteiger partial charge in [0.05, 0.1) is 20.6 Å². The van der Waals surface area contributed by atoms with E-state index in [1.165, 1.54) is 0 Å². The Morgan fingerprint density at radius 3 is 2.64 bits per heavy atom. The second-order valence-corrected chi connectivity index (χ2v) is 5.86. The van der Waals surface area contributed by atoms with Crippen molar-refractivity contribution in [1.82, 2.24) is 0 Å². The van der Waals surface area contributed by atoms with Gasteiger partial charge in [-0.25, -0.2) is 0 Å². The van der Waals surface area contributed by atoms with Gasteiger partial charge in [-0.15, -0.1) is 12.4 Å². The largest absolute Gasteiger partial charge is 0.493 e. The third-order valence-electron chi connectivity index (χ3n) is 4.39. The van der Waals surface area contributed by atoms with Crippen LogP contribution in [0, 0.1) is 0 Å². The molecule has 0 aromatic heterocycles. The third-order valence-corrected chi connectivity index (χ3v) is 4.39. The molecule has 25 heavy (non-hydrogen) atoms. The van der Waals surface area contributed by atoms with E-state index in [0.717, 1.165) is 41.9 Å². The summed E-state index contributed by atoms with van der Waals surface area (Å²) in [6.07, 6.45) is 2.16. The van der Waals surface area contributed by atoms with Gasteiger partial charge in [-0.1, -0.05) is 12.1 Å². The van der Waals surface area contributed by atoms with Gasteiger partial charge in [-0.2, -0.15) is 0 Å². The van der Waals surface area contributed by atoms with Crippen molar-refractivity contribution in [3.8, 4) is 11.5 Å². The van der Waals surface area contributed by atoms with Gasteiger partial charge in [0.15, 0.2) is 11.5 Å². The van der Waals surface area contributed by atoms with Crippen LogP contribution in [0.15, 0.2) is 36.4 Å². The molecule has 2 N–H and O–H groups in total. The summed E-state index contributed by atoms with van der Waals surface area (Å²) in [7, 11) is 3.19. The van der Waals surface area contributed by atoms with Crippen molar-refractivity contribution in [2.45, 2.75) is 19.3 Å². The number of carbonyl (C=O) groups is 1. The van der Waals surface area contributed by atoms with E-state index in [-0.39, 0.29) is 18.3 Å². The van der Waals surface area contributed by atoms with Crippen molar-refractivity contribution < 1.29 is 14.3 Å². The summed E-state index contributed by atoms with van der Waals surface area (Å²) >= 11 is 0. The van der Waals surface area contributed by atoms with Crippen LogP contribution in [-0.4, -0.2) is 26.7 Å². The summed E-state index contributed by atoms with van der Waals surface area (Å²) in [5.41, 5.74) is 9.73. The number of amides is 1. The smallest absolute Gasteiger partial charge is 0.231 e. The second kappa shape index (κ2) is 8.12. The first-order chi connectivity index (χ1) is 11.6. The molecule has 0 saturated heterocycles. The molecule has 2 aromatic rings. The molecule has 1 aliphatic rings. The number of benzene rings is 2. The predicted molar refractivity (Wildman–Crippen MR) is 102 cm³/mol. The fourth-order valence-electron chi connectivity index (χ4n) is 3.17. The minimum atomic E-state index is 0. The maximum Gasteiger partial charge on any atom is 0.231 e. The molecule has 0 saturated carbocycles. The highest BCUT2D eigenvalue weighted by atomic mass is 35.5. The van der Waals surface area contributed by atoms with E-state index in [1.807, 2.05) is 41.3 Å². The molecule has 2 aromatic carbocycles. The van der Waals surface area contributed by atoms with Crippen molar-refractivity contribution in [2.24, 2.45) is 0 Å². The number of hydrogen-bond donors (Lipinski definition) is 1. The third kappa shape index (κ3) is 3.82. The molecular weight excluding hydrogens is 340 g/mol. The lowest BCUT2D eigenvalue weighted by Crippen LogP contribution is -2.36. The lowest BCUT2D eigenvalue weighted by molar-refractivity contribution is -0.118. The van der Waals surface area contributed by atoms with Crippen LogP contribution in [0.4, 0.5) is 11.4 Å². The fourth-order valence-corrected chi connectivity index (χ4v) is 3.17. The lowest BCUT2D eigenvalue weighted by Gasteiger charge is -2.30. The number of carbonyl (C=O) groups excluding carboxylic acids is 1. The minimum Gasteiger partial charge on any atom is -0.493 e. The Labute approximate surface area is 154 Å².